The number of hydrogen-bond donors (Lipinski definition) is 1. The Morgan fingerprint density at radius 3 is 2.50 bits per heavy atom. The number of halogens is 1. The molecule has 0 bridgehead atoms. The molecule has 3 rings (SSSR count). The van der Waals surface area contributed by atoms with E-state index in [-0.39, 0.29) is 12.3 Å². The zero-order chi connectivity index (χ0) is 17.0. The zero-order valence-electron chi connectivity index (χ0n) is 12.5. The second-order valence-electron chi connectivity index (χ2n) is 5.07. The van der Waals surface area contributed by atoms with Gasteiger partial charge in [-0.2, -0.15) is 0 Å². The lowest BCUT2D eigenvalue weighted by Crippen LogP contribution is -2.24. The minimum atomic E-state index is -3.44. The van der Waals surface area contributed by atoms with Crippen LogP contribution in [0.15, 0.2) is 54.2 Å². The van der Waals surface area contributed by atoms with Crippen molar-refractivity contribution < 1.29 is 8.42 Å². The van der Waals surface area contributed by atoms with Crippen molar-refractivity contribution in [2.45, 2.75) is 12.3 Å². The molecule has 0 spiro atoms. The van der Waals surface area contributed by atoms with E-state index >= 15 is 0 Å². The molecule has 3 aromatic rings. The maximum Gasteiger partial charge on any atom is 0.216 e. The first-order valence-corrected chi connectivity index (χ1v) is 9.99. The van der Waals surface area contributed by atoms with Crippen LogP contribution < -0.4 is 4.72 Å². The third-order valence-corrected chi connectivity index (χ3v) is 5.64. The van der Waals surface area contributed by atoms with Crippen molar-refractivity contribution in [2.75, 3.05) is 0 Å². The fraction of sp³-hybridized carbons (Fsp3) is 0.125. The largest absolute Gasteiger partial charge is 0.265 e. The molecule has 2 aromatic heterocycles. The van der Waals surface area contributed by atoms with Gasteiger partial charge in [0.1, 0.15) is 5.01 Å². The summed E-state index contributed by atoms with van der Waals surface area (Å²) in [6.45, 7) is 0.172. The molecule has 0 fully saturated rings. The Kier molecular flexibility index (Phi) is 5.25. The van der Waals surface area contributed by atoms with Gasteiger partial charge in [-0.3, -0.25) is 4.98 Å². The molecule has 0 radical (unpaired) electrons. The summed E-state index contributed by atoms with van der Waals surface area (Å²) in [5.41, 5.74) is 2.45. The number of hydrogen-bond acceptors (Lipinski definition) is 5. The SMILES string of the molecule is O=S(=O)(Cc1ccc(Cl)cc1)NCc1nc(-c2ccncc2)cs1. The lowest BCUT2D eigenvalue weighted by Gasteiger charge is -2.05. The first kappa shape index (κ1) is 17.0. The number of pyridine rings is 1. The Balaban J connectivity index is 1.63. The van der Waals surface area contributed by atoms with Gasteiger partial charge >= 0.3 is 0 Å². The number of benzene rings is 1. The number of thiazole rings is 1. The standard InChI is InChI=1S/C16H14ClN3O2S2/c17-14-3-1-12(2-4-14)11-24(21,22)19-9-16-20-15(10-23-16)13-5-7-18-8-6-13/h1-8,10,19H,9,11H2. The fourth-order valence-corrected chi connectivity index (χ4v) is 4.12. The highest BCUT2D eigenvalue weighted by Crippen LogP contribution is 2.21. The Hall–Kier alpha value is -1.80. The summed E-state index contributed by atoms with van der Waals surface area (Å²) >= 11 is 7.22. The second kappa shape index (κ2) is 7.40. The quantitative estimate of drug-likeness (QED) is 0.711. The van der Waals surface area contributed by atoms with Crippen LogP contribution in [0.1, 0.15) is 10.6 Å². The van der Waals surface area contributed by atoms with Gasteiger partial charge in [0.2, 0.25) is 10.0 Å². The molecule has 8 heteroatoms. The van der Waals surface area contributed by atoms with E-state index in [2.05, 4.69) is 14.7 Å². The van der Waals surface area contributed by atoms with E-state index < -0.39 is 10.0 Å². The minimum Gasteiger partial charge on any atom is -0.265 e. The molecule has 1 N–H and O–H groups in total. The van der Waals surface area contributed by atoms with Gasteiger partial charge in [-0.05, 0) is 29.8 Å². The van der Waals surface area contributed by atoms with Crippen molar-refractivity contribution >= 4 is 33.0 Å². The van der Waals surface area contributed by atoms with Gasteiger partial charge in [-0.1, -0.05) is 23.7 Å². The zero-order valence-corrected chi connectivity index (χ0v) is 14.9. The normalized spacial score (nSPS) is 11.5. The molecule has 0 saturated carbocycles. The molecule has 0 unspecified atom stereocenters. The number of sulfonamides is 1. The molecule has 0 aliphatic rings. The third-order valence-electron chi connectivity index (χ3n) is 3.24. The first-order chi connectivity index (χ1) is 11.5. The van der Waals surface area contributed by atoms with Crippen LogP contribution in [0, 0.1) is 0 Å². The maximum absolute atomic E-state index is 12.2. The van der Waals surface area contributed by atoms with E-state index in [1.165, 1.54) is 11.3 Å². The number of aromatic nitrogens is 2. The molecule has 1 aromatic carbocycles. The molecule has 0 atom stereocenters. The summed E-state index contributed by atoms with van der Waals surface area (Å²) in [6, 6.07) is 10.5. The maximum atomic E-state index is 12.2. The van der Waals surface area contributed by atoms with Crippen LogP contribution in [0.25, 0.3) is 11.3 Å². The third kappa shape index (κ3) is 4.61. The summed E-state index contributed by atoms with van der Waals surface area (Å²) in [7, 11) is -3.44. The van der Waals surface area contributed by atoms with Crippen LogP contribution in [-0.4, -0.2) is 18.4 Å². The molecule has 24 heavy (non-hydrogen) atoms. The van der Waals surface area contributed by atoms with Crippen LogP contribution in [0.3, 0.4) is 0 Å². The van der Waals surface area contributed by atoms with E-state index in [4.69, 9.17) is 11.6 Å². The van der Waals surface area contributed by atoms with E-state index in [9.17, 15) is 8.42 Å². The highest BCUT2D eigenvalue weighted by Gasteiger charge is 2.13. The highest BCUT2D eigenvalue weighted by atomic mass is 35.5. The van der Waals surface area contributed by atoms with Crippen LogP contribution >= 0.6 is 22.9 Å². The van der Waals surface area contributed by atoms with Crippen LogP contribution in [0.5, 0.6) is 0 Å². The Morgan fingerprint density at radius 2 is 1.79 bits per heavy atom. The summed E-state index contributed by atoms with van der Waals surface area (Å²) in [5, 5.41) is 3.19. The van der Waals surface area contributed by atoms with Gasteiger partial charge in [0.25, 0.3) is 0 Å². The Morgan fingerprint density at radius 1 is 1.08 bits per heavy atom. The van der Waals surface area contributed by atoms with Gasteiger partial charge in [-0.15, -0.1) is 11.3 Å². The molecule has 5 nitrogen and oxygen atoms in total. The van der Waals surface area contributed by atoms with Gasteiger partial charge in [0.15, 0.2) is 0 Å². The smallest absolute Gasteiger partial charge is 0.216 e. The van der Waals surface area contributed by atoms with E-state index in [0.29, 0.717) is 15.6 Å². The summed E-state index contributed by atoms with van der Waals surface area (Å²) in [4.78, 5) is 8.42. The molecule has 0 aliphatic carbocycles. The topological polar surface area (TPSA) is 72.0 Å². The summed E-state index contributed by atoms with van der Waals surface area (Å²) < 4.78 is 26.9. The van der Waals surface area contributed by atoms with E-state index in [1.54, 1.807) is 36.7 Å². The van der Waals surface area contributed by atoms with Crippen LogP contribution in [0.4, 0.5) is 0 Å². The van der Waals surface area contributed by atoms with E-state index in [0.717, 1.165) is 11.3 Å². The highest BCUT2D eigenvalue weighted by molar-refractivity contribution is 7.88. The molecular weight excluding hydrogens is 366 g/mol. The predicted octanol–water partition coefficient (Wildman–Crippen LogP) is 3.48. The van der Waals surface area contributed by atoms with Gasteiger partial charge in [-0.25, -0.2) is 18.1 Å². The van der Waals surface area contributed by atoms with Crippen molar-refractivity contribution in [3.8, 4) is 11.3 Å². The van der Waals surface area contributed by atoms with Crippen LogP contribution in [0.2, 0.25) is 5.02 Å². The minimum absolute atomic E-state index is 0.0905. The van der Waals surface area contributed by atoms with Crippen LogP contribution in [-0.2, 0) is 22.3 Å². The number of nitrogens with zero attached hydrogens (tertiary/aromatic N) is 2. The lowest BCUT2D eigenvalue weighted by atomic mass is 10.2. The monoisotopic (exact) mass is 379 g/mol. The second-order valence-corrected chi connectivity index (χ2v) is 8.25. The molecule has 0 amide bonds. The molecular formula is C16H14ClN3O2S2. The van der Waals surface area contributed by atoms with Crippen molar-refractivity contribution in [3.05, 3.63) is 69.8 Å². The lowest BCUT2D eigenvalue weighted by molar-refractivity contribution is 0.580. The fourth-order valence-electron chi connectivity index (χ4n) is 2.07. The van der Waals surface area contributed by atoms with E-state index in [1.807, 2.05) is 17.5 Å². The molecule has 0 aliphatic heterocycles. The number of rotatable bonds is 6. The molecule has 0 saturated heterocycles. The predicted molar refractivity (Wildman–Crippen MR) is 96.3 cm³/mol. The average molecular weight is 380 g/mol. The summed E-state index contributed by atoms with van der Waals surface area (Å²) in [6.07, 6.45) is 3.40. The first-order valence-electron chi connectivity index (χ1n) is 7.08. The van der Waals surface area contributed by atoms with Crippen molar-refractivity contribution in [1.29, 1.82) is 0 Å². The Labute approximate surface area is 149 Å². The Bertz CT molecular complexity index is 910. The average Bonchev–Trinajstić information content (AvgIpc) is 3.05. The van der Waals surface area contributed by atoms with Crippen molar-refractivity contribution in [2.24, 2.45) is 0 Å². The van der Waals surface area contributed by atoms with Gasteiger partial charge in [0.05, 0.1) is 18.0 Å². The molecule has 2 heterocycles. The number of nitrogens with one attached hydrogen (secondary N) is 1. The molecule has 124 valence electrons. The van der Waals surface area contributed by atoms with Crippen molar-refractivity contribution in [1.82, 2.24) is 14.7 Å². The van der Waals surface area contributed by atoms with Gasteiger partial charge < -0.3 is 0 Å². The van der Waals surface area contributed by atoms with Crippen molar-refractivity contribution in [3.63, 3.8) is 0 Å². The van der Waals surface area contributed by atoms with Gasteiger partial charge in [0, 0.05) is 28.4 Å². The summed E-state index contributed by atoms with van der Waals surface area (Å²) in [5.74, 6) is -0.0905.